The molecule has 1 atom stereocenters. The molecule has 2 aromatic rings. The van der Waals surface area contributed by atoms with Crippen molar-refractivity contribution < 1.29 is 9.84 Å². The quantitative estimate of drug-likeness (QED) is 0.932. The first-order valence-electron chi connectivity index (χ1n) is 5.65. The summed E-state index contributed by atoms with van der Waals surface area (Å²) in [6, 6.07) is 9.39. The Balaban J connectivity index is 2.34. The van der Waals surface area contributed by atoms with Gasteiger partial charge in [0.25, 0.3) is 0 Å². The number of benzene rings is 1. The van der Waals surface area contributed by atoms with Crippen molar-refractivity contribution in [3.8, 4) is 11.6 Å². The monoisotopic (exact) mass is 307 g/mol. The van der Waals surface area contributed by atoms with Crippen LogP contribution in [0.3, 0.4) is 0 Å². The normalized spacial score (nSPS) is 12.2. The Bertz CT molecular complexity index is 555. The molecule has 0 aliphatic heterocycles. The molecule has 0 amide bonds. The van der Waals surface area contributed by atoms with Gasteiger partial charge in [-0.1, -0.05) is 6.07 Å². The average Bonchev–Trinajstić information content (AvgIpc) is 2.33. The number of hydrogen-bond acceptors (Lipinski definition) is 3. The fraction of sp³-hybridized carbons (Fsp3) is 0.214. The highest BCUT2D eigenvalue weighted by atomic mass is 79.9. The van der Waals surface area contributed by atoms with Crippen molar-refractivity contribution in [2.75, 3.05) is 0 Å². The van der Waals surface area contributed by atoms with Crippen LogP contribution in [0.2, 0.25) is 0 Å². The largest absolute Gasteiger partial charge is 0.437 e. The van der Waals surface area contributed by atoms with E-state index in [1.807, 2.05) is 25.1 Å². The number of ether oxygens (including phenoxy) is 1. The third-order valence-electron chi connectivity index (χ3n) is 2.54. The van der Waals surface area contributed by atoms with Gasteiger partial charge in [-0.3, -0.25) is 0 Å². The summed E-state index contributed by atoms with van der Waals surface area (Å²) in [6.45, 7) is 3.70. The smallest absolute Gasteiger partial charge is 0.225 e. The van der Waals surface area contributed by atoms with E-state index >= 15 is 0 Å². The molecule has 1 heterocycles. The Morgan fingerprint density at radius 3 is 2.78 bits per heavy atom. The zero-order valence-electron chi connectivity index (χ0n) is 10.2. The third-order valence-corrected chi connectivity index (χ3v) is 3.16. The van der Waals surface area contributed by atoms with Crippen LogP contribution >= 0.6 is 15.9 Å². The van der Waals surface area contributed by atoms with Crippen molar-refractivity contribution in [3.63, 3.8) is 0 Å². The molecule has 0 fully saturated rings. The number of pyridine rings is 1. The van der Waals surface area contributed by atoms with E-state index in [1.165, 1.54) is 0 Å². The van der Waals surface area contributed by atoms with Gasteiger partial charge in [0.15, 0.2) is 0 Å². The highest BCUT2D eigenvalue weighted by Crippen LogP contribution is 2.32. The van der Waals surface area contributed by atoms with Gasteiger partial charge in [-0.25, -0.2) is 4.98 Å². The van der Waals surface area contributed by atoms with Gasteiger partial charge in [-0.15, -0.1) is 0 Å². The number of nitrogens with zero attached hydrogens (tertiary/aromatic N) is 1. The number of rotatable bonds is 3. The molecule has 0 aliphatic carbocycles. The van der Waals surface area contributed by atoms with Crippen molar-refractivity contribution in [2.45, 2.75) is 20.0 Å². The summed E-state index contributed by atoms with van der Waals surface area (Å²) in [5.74, 6) is 1.11. The van der Waals surface area contributed by atoms with Gasteiger partial charge in [0.1, 0.15) is 5.75 Å². The van der Waals surface area contributed by atoms with Gasteiger partial charge in [-0.05, 0) is 59.6 Å². The van der Waals surface area contributed by atoms with Gasteiger partial charge < -0.3 is 9.84 Å². The second-order valence-corrected chi connectivity index (χ2v) is 4.96. The molecule has 0 saturated carbocycles. The second kappa shape index (κ2) is 5.50. The van der Waals surface area contributed by atoms with Crippen LogP contribution in [0, 0.1) is 6.92 Å². The van der Waals surface area contributed by atoms with Crippen molar-refractivity contribution >= 4 is 15.9 Å². The molecule has 1 N–H and O–H groups in total. The van der Waals surface area contributed by atoms with Crippen LogP contribution in [0.25, 0.3) is 0 Å². The molecule has 1 aromatic carbocycles. The van der Waals surface area contributed by atoms with E-state index in [0.29, 0.717) is 17.2 Å². The fourth-order valence-corrected chi connectivity index (χ4v) is 2.17. The number of hydrogen-bond donors (Lipinski definition) is 1. The highest BCUT2D eigenvalue weighted by molar-refractivity contribution is 9.10. The molecule has 0 aliphatic rings. The van der Waals surface area contributed by atoms with Crippen molar-refractivity contribution in [1.29, 1.82) is 0 Å². The molecule has 2 rings (SSSR count). The summed E-state index contributed by atoms with van der Waals surface area (Å²) >= 11 is 3.45. The Kier molecular flexibility index (Phi) is 3.99. The average molecular weight is 308 g/mol. The highest BCUT2D eigenvalue weighted by Gasteiger charge is 2.12. The van der Waals surface area contributed by atoms with Gasteiger partial charge >= 0.3 is 0 Å². The van der Waals surface area contributed by atoms with E-state index in [9.17, 15) is 5.11 Å². The molecule has 0 unspecified atom stereocenters. The Hall–Kier alpha value is -1.39. The van der Waals surface area contributed by atoms with Crippen molar-refractivity contribution in [1.82, 2.24) is 4.98 Å². The van der Waals surface area contributed by atoms with Crippen LogP contribution in [0.15, 0.2) is 41.0 Å². The summed E-state index contributed by atoms with van der Waals surface area (Å²) in [4.78, 5) is 4.16. The maximum Gasteiger partial charge on any atom is 0.225 e. The van der Waals surface area contributed by atoms with E-state index in [0.717, 1.165) is 10.0 Å². The Labute approximate surface area is 115 Å². The van der Waals surface area contributed by atoms with E-state index in [2.05, 4.69) is 20.9 Å². The maximum absolute atomic E-state index is 9.66. The SMILES string of the molecule is Cc1ccc(Oc2ncccc2[C@@H](C)O)c(Br)c1. The minimum atomic E-state index is -0.613. The number of aliphatic hydroxyl groups is 1. The van der Waals surface area contributed by atoms with Gasteiger partial charge in [0.2, 0.25) is 5.88 Å². The van der Waals surface area contributed by atoms with E-state index in [1.54, 1.807) is 25.3 Å². The number of aromatic nitrogens is 1. The van der Waals surface area contributed by atoms with Crippen LogP contribution in [-0.2, 0) is 0 Å². The van der Waals surface area contributed by atoms with Crippen molar-refractivity contribution in [2.24, 2.45) is 0 Å². The minimum Gasteiger partial charge on any atom is -0.437 e. The molecule has 18 heavy (non-hydrogen) atoms. The Morgan fingerprint density at radius 1 is 1.33 bits per heavy atom. The summed E-state index contributed by atoms with van der Waals surface area (Å²) < 4.78 is 6.60. The molecular weight excluding hydrogens is 294 g/mol. The lowest BCUT2D eigenvalue weighted by molar-refractivity contribution is 0.194. The molecule has 0 saturated heterocycles. The van der Waals surface area contributed by atoms with Gasteiger partial charge in [0.05, 0.1) is 10.6 Å². The first-order valence-corrected chi connectivity index (χ1v) is 6.44. The lowest BCUT2D eigenvalue weighted by atomic mass is 10.2. The number of aliphatic hydroxyl groups excluding tert-OH is 1. The molecular formula is C14H14BrNO2. The second-order valence-electron chi connectivity index (χ2n) is 4.11. The van der Waals surface area contributed by atoms with Gasteiger partial charge in [-0.2, -0.15) is 0 Å². The van der Waals surface area contributed by atoms with Crippen LogP contribution in [-0.4, -0.2) is 10.1 Å². The summed E-state index contributed by atoms with van der Waals surface area (Å²) in [5, 5.41) is 9.66. The van der Waals surface area contributed by atoms with Crippen LogP contribution in [0.5, 0.6) is 11.6 Å². The molecule has 4 heteroatoms. The standard InChI is InChI=1S/C14H14BrNO2/c1-9-5-6-13(12(15)8-9)18-14-11(10(2)17)4-3-7-16-14/h3-8,10,17H,1-2H3/t10-/m1/s1. The maximum atomic E-state index is 9.66. The Morgan fingerprint density at radius 2 is 2.11 bits per heavy atom. The lowest BCUT2D eigenvalue weighted by Crippen LogP contribution is -1.98. The first kappa shape index (κ1) is 13.1. The number of aryl methyl sites for hydroxylation is 1. The van der Waals surface area contributed by atoms with Crippen LogP contribution in [0.1, 0.15) is 24.2 Å². The van der Waals surface area contributed by atoms with E-state index < -0.39 is 6.10 Å². The molecule has 0 radical (unpaired) electrons. The van der Waals surface area contributed by atoms with Crippen molar-refractivity contribution in [3.05, 3.63) is 52.1 Å². The summed E-state index contributed by atoms with van der Waals surface area (Å²) in [7, 11) is 0. The zero-order chi connectivity index (χ0) is 13.1. The van der Waals surface area contributed by atoms with Crippen LogP contribution < -0.4 is 4.74 Å². The summed E-state index contributed by atoms with van der Waals surface area (Å²) in [6.07, 6.45) is 1.03. The topological polar surface area (TPSA) is 42.4 Å². The molecule has 3 nitrogen and oxygen atoms in total. The number of halogens is 1. The minimum absolute atomic E-state index is 0.428. The third kappa shape index (κ3) is 2.89. The molecule has 94 valence electrons. The van der Waals surface area contributed by atoms with Gasteiger partial charge in [0, 0.05) is 11.8 Å². The van der Waals surface area contributed by atoms with E-state index in [4.69, 9.17) is 4.74 Å². The lowest BCUT2D eigenvalue weighted by Gasteiger charge is -2.12. The molecule has 0 bridgehead atoms. The summed E-state index contributed by atoms with van der Waals surface area (Å²) in [5.41, 5.74) is 1.82. The fourth-order valence-electron chi connectivity index (χ4n) is 1.60. The predicted octanol–water partition coefficient (Wildman–Crippen LogP) is 4.00. The predicted molar refractivity (Wildman–Crippen MR) is 73.8 cm³/mol. The zero-order valence-corrected chi connectivity index (χ0v) is 11.8. The molecule has 1 aromatic heterocycles. The van der Waals surface area contributed by atoms with E-state index in [-0.39, 0.29) is 0 Å². The van der Waals surface area contributed by atoms with Crippen LogP contribution in [0.4, 0.5) is 0 Å². The molecule has 0 spiro atoms. The first-order chi connectivity index (χ1) is 8.58.